The summed E-state index contributed by atoms with van der Waals surface area (Å²) in [6.07, 6.45) is 4.18. The Hall–Kier alpha value is -2.95. The van der Waals surface area contributed by atoms with Gasteiger partial charge in [0, 0.05) is 16.6 Å². The molecule has 5 nitrogen and oxygen atoms in total. The topological polar surface area (TPSA) is 57.7 Å². The van der Waals surface area contributed by atoms with E-state index in [1.165, 1.54) is 10.5 Å². The van der Waals surface area contributed by atoms with Gasteiger partial charge in [-0.25, -0.2) is 0 Å². The highest BCUT2D eigenvalue weighted by atomic mass is 16.2. The van der Waals surface area contributed by atoms with Gasteiger partial charge < -0.3 is 4.90 Å². The van der Waals surface area contributed by atoms with Gasteiger partial charge in [-0.2, -0.15) is 0 Å². The van der Waals surface area contributed by atoms with Crippen molar-refractivity contribution in [2.75, 3.05) is 4.90 Å². The normalized spacial score (nSPS) is 28.9. The van der Waals surface area contributed by atoms with E-state index in [1.807, 2.05) is 29.2 Å². The summed E-state index contributed by atoms with van der Waals surface area (Å²) in [7, 11) is 0. The minimum Gasteiger partial charge on any atom is -0.305 e. The SMILES string of the molecule is C[C@H](C(=O)N1c2ccccc2[C@@](C)(c2ccccc2)CC1(C)C)N1C(=O)[C@H]2CCCC[C@@H]2C1=O. The van der Waals surface area contributed by atoms with Crippen molar-refractivity contribution in [1.82, 2.24) is 4.90 Å². The smallest absolute Gasteiger partial charge is 0.250 e. The second-order valence-corrected chi connectivity index (χ2v) is 11.1. The van der Waals surface area contributed by atoms with Crippen LogP contribution in [0.25, 0.3) is 0 Å². The van der Waals surface area contributed by atoms with Crippen molar-refractivity contribution in [2.24, 2.45) is 11.8 Å². The van der Waals surface area contributed by atoms with Crippen LogP contribution in [-0.4, -0.2) is 34.2 Å². The Morgan fingerprint density at radius 3 is 2.06 bits per heavy atom. The maximum Gasteiger partial charge on any atom is 0.250 e. The third-order valence-corrected chi connectivity index (χ3v) is 8.38. The Kier molecular flexibility index (Phi) is 5.42. The van der Waals surface area contributed by atoms with Crippen molar-refractivity contribution in [3.63, 3.8) is 0 Å². The molecule has 0 N–H and O–H groups in total. The number of likely N-dealkylation sites (tertiary alicyclic amines) is 1. The zero-order chi connectivity index (χ0) is 24.3. The number of benzene rings is 2. The molecule has 178 valence electrons. The third-order valence-electron chi connectivity index (χ3n) is 8.38. The van der Waals surface area contributed by atoms with Crippen molar-refractivity contribution < 1.29 is 14.4 Å². The number of carbonyl (C=O) groups is 3. The molecule has 2 aliphatic heterocycles. The molecule has 1 aliphatic carbocycles. The number of hydrogen-bond donors (Lipinski definition) is 0. The van der Waals surface area contributed by atoms with E-state index < -0.39 is 11.6 Å². The lowest BCUT2D eigenvalue weighted by molar-refractivity contribution is -0.147. The first-order valence-electron chi connectivity index (χ1n) is 12.5. The van der Waals surface area contributed by atoms with Gasteiger partial charge in [-0.3, -0.25) is 19.3 Å². The maximum atomic E-state index is 14.1. The summed E-state index contributed by atoms with van der Waals surface area (Å²) in [5.74, 6) is -1.01. The number of amides is 3. The maximum absolute atomic E-state index is 14.1. The molecule has 1 saturated heterocycles. The van der Waals surface area contributed by atoms with Gasteiger partial charge in [-0.05, 0) is 57.2 Å². The van der Waals surface area contributed by atoms with Gasteiger partial charge in [0.2, 0.25) is 11.8 Å². The van der Waals surface area contributed by atoms with E-state index in [0.29, 0.717) is 0 Å². The number of carbonyl (C=O) groups excluding carboxylic acids is 3. The van der Waals surface area contributed by atoms with Crippen LogP contribution < -0.4 is 4.90 Å². The van der Waals surface area contributed by atoms with Crippen molar-refractivity contribution in [1.29, 1.82) is 0 Å². The molecular weight excluding hydrogens is 424 g/mol. The fraction of sp³-hybridized carbons (Fsp3) is 0.483. The molecule has 5 heteroatoms. The first kappa shape index (κ1) is 22.8. The predicted octanol–water partition coefficient (Wildman–Crippen LogP) is 5.07. The van der Waals surface area contributed by atoms with Gasteiger partial charge in [-0.15, -0.1) is 0 Å². The molecule has 2 aromatic carbocycles. The fourth-order valence-corrected chi connectivity index (χ4v) is 6.85. The molecule has 1 saturated carbocycles. The van der Waals surface area contributed by atoms with Crippen LogP contribution in [-0.2, 0) is 19.8 Å². The second kappa shape index (κ2) is 8.07. The highest BCUT2D eigenvalue weighted by molar-refractivity contribution is 6.11. The zero-order valence-electron chi connectivity index (χ0n) is 20.6. The molecule has 0 radical (unpaired) electrons. The zero-order valence-corrected chi connectivity index (χ0v) is 20.6. The lowest BCUT2D eigenvalue weighted by Crippen LogP contribution is -2.60. The highest BCUT2D eigenvalue weighted by Crippen LogP contribution is 2.51. The van der Waals surface area contributed by atoms with Crippen molar-refractivity contribution in [3.05, 3.63) is 65.7 Å². The minimum atomic E-state index is -0.820. The summed E-state index contributed by atoms with van der Waals surface area (Å²) in [5, 5.41) is 0. The van der Waals surface area contributed by atoms with Gasteiger partial charge >= 0.3 is 0 Å². The Bertz CT molecular complexity index is 1120. The Morgan fingerprint density at radius 1 is 0.882 bits per heavy atom. The molecule has 5 rings (SSSR count). The molecular formula is C29H34N2O3. The molecule has 0 spiro atoms. The average Bonchev–Trinajstić information content (AvgIpc) is 3.08. The van der Waals surface area contributed by atoms with Gasteiger partial charge in [0.25, 0.3) is 5.91 Å². The molecule has 3 amide bonds. The fourth-order valence-electron chi connectivity index (χ4n) is 6.85. The average molecular weight is 459 g/mol. The van der Waals surface area contributed by atoms with Gasteiger partial charge in [0.05, 0.1) is 11.8 Å². The van der Waals surface area contributed by atoms with Crippen LogP contribution in [0.1, 0.15) is 70.9 Å². The standard InChI is InChI=1S/C29H34N2O3/c1-19(30-26(33)21-14-8-9-15-22(21)27(30)34)25(32)31-24-17-11-10-16-23(24)29(4,18-28(31,2)3)20-12-6-5-7-13-20/h5-7,10-13,16-17,19,21-22H,8-9,14-15,18H2,1-4H3/t19-,21+,22+,29-/m1/s1. The molecule has 0 bridgehead atoms. The summed E-state index contributed by atoms with van der Waals surface area (Å²) in [6, 6.07) is 17.7. The van der Waals surface area contributed by atoms with E-state index >= 15 is 0 Å². The van der Waals surface area contributed by atoms with Crippen molar-refractivity contribution in [2.45, 2.75) is 76.8 Å². The summed E-state index contributed by atoms with van der Waals surface area (Å²) < 4.78 is 0. The molecule has 2 aromatic rings. The summed E-state index contributed by atoms with van der Waals surface area (Å²) in [5.41, 5.74) is 2.38. The summed E-state index contributed by atoms with van der Waals surface area (Å²) in [4.78, 5) is 43.6. The van der Waals surface area contributed by atoms with Crippen LogP contribution in [0.5, 0.6) is 0 Å². The van der Waals surface area contributed by atoms with Crippen molar-refractivity contribution >= 4 is 23.4 Å². The van der Waals surface area contributed by atoms with Crippen LogP contribution >= 0.6 is 0 Å². The van der Waals surface area contributed by atoms with Crippen LogP contribution in [0.4, 0.5) is 5.69 Å². The van der Waals surface area contributed by atoms with Crippen LogP contribution in [0.2, 0.25) is 0 Å². The minimum absolute atomic E-state index is 0.159. The number of para-hydroxylation sites is 1. The van der Waals surface area contributed by atoms with Crippen LogP contribution in [0.3, 0.4) is 0 Å². The quantitative estimate of drug-likeness (QED) is 0.604. The molecule has 4 atom stereocenters. The van der Waals surface area contributed by atoms with Crippen molar-refractivity contribution in [3.8, 4) is 0 Å². The number of rotatable bonds is 3. The van der Waals surface area contributed by atoms with Gasteiger partial charge in [0.15, 0.2) is 0 Å². The van der Waals surface area contributed by atoms with E-state index in [9.17, 15) is 14.4 Å². The number of fused-ring (bicyclic) bond motifs is 2. The van der Waals surface area contributed by atoms with E-state index in [-0.39, 0.29) is 35.0 Å². The van der Waals surface area contributed by atoms with Crippen LogP contribution in [0.15, 0.2) is 54.6 Å². The summed E-state index contributed by atoms with van der Waals surface area (Å²) >= 11 is 0. The monoisotopic (exact) mass is 458 g/mol. The Morgan fingerprint density at radius 2 is 1.44 bits per heavy atom. The van der Waals surface area contributed by atoms with E-state index in [4.69, 9.17) is 0 Å². The first-order chi connectivity index (χ1) is 16.2. The number of anilines is 1. The molecule has 34 heavy (non-hydrogen) atoms. The third kappa shape index (κ3) is 3.31. The highest BCUT2D eigenvalue weighted by Gasteiger charge is 2.54. The first-order valence-corrected chi connectivity index (χ1v) is 12.5. The Labute approximate surface area is 202 Å². The number of hydrogen-bond acceptors (Lipinski definition) is 3. The lowest BCUT2D eigenvalue weighted by Gasteiger charge is -2.52. The van der Waals surface area contributed by atoms with Gasteiger partial charge in [0.1, 0.15) is 6.04 Å². The molecule has 3 aliphatic rings. The molecule has 0 unspecified atom stereocenters. The van der Waals surface area contributed by atoms with Gasteiger partial charge in [-0.1, -0.05) is 68.3 Å². The van der Waals surface area contributed by atoms with E-state index in [0.717, 1.165) is 43.4 Å². The number of nitrogens with zero attached hydrogens (tertiary/aromatic N) is 2. The molecule has 2 heterocycles. The van der Waals surface area contributed by atoms with Crippen LogP contribution in [0, 0.1) is 11.8 Å². The predicted molar refractivity (Wildman–Crippen MR) is 132 cm³/mol. The molecule has 2 fully saturated rings. The number of imide groups is 1. The second-order valence-electron chi connectivity index (χ2n) is 11.1. The Balaban J connectivity index is 1.54. The molecule has 0 aromatic heterocycles. The van der Waals surface area contributed by atoms with E-state index in [2.05, 4.69) is 51.1 Å². The van der Waals surface area contributed by atoms with E-state index in [1.54, 1.807) is 6.92 Å². The lowest BCUT2D eigenvalue weighted by atomic mass is 9.65. The summed E-state index contributed by atoms with van der Waals surface area (Å²) in [6.45, 7) is 8.13. The largest absolute Gasteiger partial charge is 0.305 e.